The summed E-state index contributed by atoms with van der Waals surface area (Å²) >= 11 is 0. The first-order valence-electron chi connectivity index (χ1n) is 9.13. The molecule has 0 radical (unpaired) electrons. The van der Waals surface area contributed by atoms with Gasteiger partial charge in [0.25, 0.3) is 11.6 Å². The summed E-state index contributed by atoms with van der Waals surface area (Å²) in [5, 5.41) is 13.6. The van der Waals surface area contributed by atoms with Gasteiger partial charge in [-0.15, -0.1) is 0 Å². The van der Waals surface area contributed by atoms with Crippen LogP contribution in [-0.2, 0) is 9.53 Å². The molecule has 10 nitrogen and oxygen atoms in total. The Bertz CT molecular complexity index is 961. The predicted molar refractivity (Wildman–Crippen MR) is 107 cm³/mol. The number of carbonyl (C=O) groups excluding carboxylic acids is 2. The van der Waals surface area contributed by atoms with Gasteiger partial charge < -0.3 is 24.4 Å². The highest BCUT2D eigenvalue weighted by Crippen LogP contribution is 2.30. The molecule has 2 aromatic carbocycles. The zero-order valence-corrected chi connectivity index (χ0v) is 16.5. The number of carbonyl (C=O) groups is 2. The second-order valence-electron chi connectivity index (χ2n) is 6.73. The van der Waals surface area contributed by atoms with Crippen molar-refractivity contribution in [2.45, 2.75) is 6.10 Å². The molecule has 1 aliphatic rings. The lowest BCUT2D eigenvalue weighted by Gasteiger charge is -2.26. The molecule has 1 heterocycles. The molecule has 0 unspecified atom stereocenters. The number of hydrogen-bond donors (Lipinski definition) is 1. The molecule has 0 saturated heterocycles. The van der Waals surface area contributed by atoms with E-state index < -0.39 is 23.4 Å². The lowest BCUT2D eigenvalue weighted by molar-refractivity contribution is -0.384. The summed E-state index contributed by atoms with van der Waals surface area (Å²) in [6.07, 6.45) is -0.378. The number of nitro groups is 1. The monoisotopic (exact) mass is 415 g/mol. The Balaban J connectivity index is 1.53. The number of nitrogens with one attached hydrogen (secondary N) is 1. The predicted octanol–water partition coefficient (Wildman–Crippen LogP) is 1.77. The molecule has 1 aliphatic heterocycles. The van der Waals surface area contributed by atoms with E-state index in [1.807, 2.05) is 12.1 Å². The molecular formula is C20H21N3O7. The van der Waals surface area contributed by atoms with E-state index in [-0.39, 0.29) is 30.5 Å². The van der Waals surface area contributed by atoms with Crippen LogP contribution in [0.5, 0.6) is 11.5 Å². The molecule has 0 aliphatic carbocycles. The number of amides is 1. The van der Waals surface area contributed by atoms with E-state index in [4.69, 9.17) is 14.2 Å². The fraction of sp³-hybridized carbons (Fsp3) is 0.300. The van der Waals surface area contributed by atoms with Crippen molar-refractivity contribution in [1.29, 1.82) is 0 Å². The third kappa shape index (κ3) is 4.96. The molecule has 158 valence electrons. The highest BCUT2D eigenvalue weighted by atomic mass is 16.6. The quantitative estimate of drug-likeness (QED) is 0.413. The highest BCUT2D eigenvalue weighted by molar-refractivity contribution is 5.97. The second-order valence-corrected chi connectivity index (χ2v) is 6.73. The van der Waals surface area contributed by atoms with Crippen molar-refractivity contribution < 1.29 is 28.7 Å². The molecule has 0 aromatic heterocycles. The Morgan fingerprint density at radius 1 is 1.23 bits per heavy atom. The third-order valence-electron chi connectivity index (χ3n) is 4.32. The van der Waals surface area contributed by atoms with Crippen molar-refractivity contribution in [3.8, 4) is 11.5 Å². The highest BCUT2D eigenvalue weighted by Gasteiger charge is 2.22. The number of ether oxygens (including phenoxy) is 3. The van der Waals surface area contributed by atoms with E-state index in [1.165, 1.54) is 12.1 Å². The molecule has 0 bridgehead atoms. The van der Waals surface area contributed by atoms with Crippen LogP contribution in [-0.4, -0.2) is 56.8 Å². The molecule has 1 atom stereocenters. The molecule has 3 rings (SSSR count). The number of para-hydroxylation sites is 2. The van der Waals surface area contributed by atoms with E-state index in [0.717, 1.165) is 6.07 Å². The summed E-state index contributed by atoms with van der Waals surface area (Å²) in [7, 11) is 3.38. The van der Waals surface area contributed by atoms with Crippen molar-refractivity contribution >= 4 is 23.3 Å². The van der Waals surface area contributed by atoms with Crippen LogP contribution in [0.3, 0.4) is 0 Å². The number of fused-ring (bicyclic) bond motifs is 1. The van der Waals surface area contributed by atoms with Crippen molar-refractivity contribution in [2.75, 3.05) is 38.8 Å². The molecule has 0 saturated carbocycles. The third-order valence-corrected chi connectivity index (χ3v) is 4.32. The van der Waals surface area contributed by atoms with Crippen molar-refractivity contribution in [3.05, 3.63) is 58.1 Å². The standard InChI is InChI=1S/C20H21N3O7/c1-22(2)16-8-7-13(23(26)27)9-15(16)20(25)29-12-19(24)21-10-14-11-28-17-5-3-4-6-18(17)30-14/h3-9,14H,10-12H2,1-2H3,(H,21,24)/t14-/m1/s1. The van der Waals surface area contributed by atoms with Crippen LogP contribution in [0.25, 0.3) is 0 Å². The Labute approximate surface area is 172 Å². The summed E-state index contributed by atoms with van der Waals surface area (Å²) < 4.78 is 16.3. The van der Waals surface area contributed by atoms with Gasteiger partial charge in [-0.1, -0.05) is 12.1 Å². The topological polar surface area (TPSA) is 120 Å². The molecule has 30 heavy (non-hydrogen) atoms. The Hall–Kier alpha value is -3.82. The van der Waals surface area contributed by atoms with Gasteiger partial charge in [0, 0.05) is 26.2 Å². The molecule has 2 aromatic rings. The van der Waals surface area contributed by atoms with Gasteiger partial charge >= 0.3 is 5.97 Å². The fourth-order valence-corrected chi connectivity index (χ4v) is 2.84. The summed E-state index contributed by atoms with van der Waals surface area (Å²) in [6.45, 7) is -0.0833. The number of rotatable bonds is 7. The Kier molecular flexibility index (Phi) is 6.35. The van der Waals surface area contributed by atoms with E-state index in [2.05, 4.69) is 5.32 Å². The molecule has 1 N–H and O–H groups in total. The SMILES string of the molecule is CN(C)c1ccc([N+](=O)[O-])cc1C(=O)OCC(=O)NC[C@@H]1COc2ccccc2O1. The first kappa shape index (κ1) is 20.9. The Morgan fingerprint density at radius 2 is 1.97 bits per heavy atom. The lowest BCUT2D eigenvalue weighted by Crippen LogP contribution is -2.42. The van der Waals surface area contributed by atoms with Crippen molar-refractivity contribution in [1.82, 2.24) is 5.32 Å². The van der Waals surface area contributed by atoms with Gasteiger partial charge in [-0.2, -0.15) is 0 Å². The van der Waals surface area contributed by atoms with E-state index in [0.29, 0.717) is 17.2 Å². The molecule has 0 fully saturated rings. The summed E-state index contributed by atoms with van der Waals surface area (Å²) in [4.78, 5) is 36.5. The lowest BCUT2D eigenvalue weighted by atomic mass is 10.1. The normalized spacial score (nSPS) is 14.5. The van der Waals surface area contributed by atoms with E-state index in [1.54, 1.807) is 31.1 Å². The number of hydrogen-bond acceptors (Lipinski definition) is 8. The Morgan fingerprint density at radius 3 is 2.67 bits per heavy atom. The molecule has 10 heteroatoms. The van der Waals surface area contributed by atoms with Gasteiger partial charge in [0.05, 0.1) is 22.7 Å². The maximum atomic E-state index is 12.4. The zero-order valence-electron chi connectivity index (χ0n) is 16.5. The van der Waals surface area contributed by atoms with Gasteiger partial charge in [-0.25, -0.2) is 4.79 Å². The number of esters is 1. The number of non-ortho nitro benzene ring substituents is 1. The van der Waals surface area contributed by atoms with Gasteiger partial charge in [0.15, 0.2) is 18.1 Å². The smallest absolute Gasteiger partial charge is 0.341 e. The van der Waals surface area contributed by atoms with Crippen molar-refractivity contribution in [3.63, 3.8) is 0 Å². The maximum Gasteiger partial charge on any atom is 0.341 e. The number of anilines is 1. The van der Waals surface area contributed by atoms with Gasteiger partial charge in [-0.3, -0.25) is 14.9 Å². The fourth-order valence-electron chi connectivity index (χ4n) is 2.84. The van der Waals surface area contributed by atoms with Crippen LogP contribution >= 0.6 is 0 Å². The van der Waals surface area contributed by atoms with E-state index in [9.17, 15) is 19.7 Å². The van der Waals surface area contributed by atoms with E-state index >= 15 is 0 Å². The van der Waals surface area contributed by atoms with Crippen LogP contribution in [0.1, 0.15) is 10.4 Å². The van der Waals surface area contributed by atoms with Gasteiger partial charge in [-0.05, 0) is 18.2 Å². The summed E-state index contributed by atoms with van der Waals surface area (Å²) in [5.41, 5.74) is 0.201. The summed E-state index contributed by atoms with van der Waals surface area (Å²) in [5.74, 6) is -0.120. The number of nitro benzene ring substituents is 1. The molecule has 0 spiro atoms. The minimum atomic E-state index is -0.830. The average Bonchev–Trinajstić information content (AvgIpc) is 2.75. The first-order chi connectivity index (χ1) is 14.3. The molecule has 1 amide bonds. The minimum Gasteiger partial charge on any atom is -0.486 e. The number of benzene rings is 2. The second kappa shape index (κ2) is 9.12. The largest absolute Gasteiger partial charge is 0.486 e. The number of nitrogens with zero attached hydrogens (tertiary/aromatic N) is 2. The van der Waals surface area contributed by atoms with Crippen LogP contribution in [0.15, 0.2) is 42.5 Å². The van der Waals surface area contributed by atoms with Crippen molar-refractivity contribution in [2.24, 2.45) is 0 Å². The molecular weight excluding hydrogens is 394 g/mol. The van der Waals surface area contributed by atoms with Crippen LogP contribution in [0.4, 0.5) is 11.4 Å². The van der Waals surface area contributed by atoms with Crippen LogP contribution in [0, 0.1) is 10.1 Å². The average molecular weight is 415 g/mol. The van der Waals surface area contributed by atoms with Crippen LogP contribution < -0.4 is 19.7 Å². The maximum absolute atomic E-state index is 12.4. The van der Waals surface area contributed by atoms with Crippen LogP contribution in [0.2, 0.25) is 0 Å². The summed E-state index contributed by atoms with van der Waals surface area (Å²) in [6, 6.07) is 11.1. The minimum absolute atomic E-state index is 0.00243. The first-order valence-corrected chi connectivity index (χ1v) is 9.13. The van der Waals surface area contributed by atoms with Gasteiger partial charge in [0.1, 0.15) is 12.7 Å². The zero-order chi connectivity index (χ0) is 21.7. The van der Waals surface area contributed by atoms with Gasteiger partial charge in [0.2, 0.25) is 0 Å².